The minimum absolute atomic E-state index is 0.0119. The van der Waals surface area contributed by atoms with Crippen molar-refractivity contribution in [2.24, 2.45) is 5.92 Å². The highest BCUT2D eigenvalue weighted by molar-refractivity contribution is 8.00. The van der Waals surface area contributed by atoms with E-state index in [1.54, 1.807) is 0 Å². The number of aliphatic hydroxyl groups excluding tert-OH is 1. The van der Waals surface area contributed by atoms with Crippen LogP contribution < -0.4 is 0 Å². The zero-order valence-corrected chi connectivity index (χ0v) is 14.3. The summed E-state index contributed by atoms with van der Waals surface area (Å²) >= 11 is 1.46. The smallest absolute Gasteiger partial charge is 0.315 e. The summed E-state index contributed by atoms with van der Waals surface area (Å²) in [6.07, 6.45) is 0.562. The van der Waals surface area contributed by atoms with Gasteiger partial charge in [0.15, 0.2) is 5.78 Å². The highest BCUT2D eigenvalue weighted by Gasteiger charge is 2.39. The van der Waals surface area contributed by atoms with Gasteiger partial charge < -0.3 is 9.84 Å². The number of hydrogen-bond acceptors (Lipinski definition) is 5. The van der Waals surface area contributed by atoms with Crippen molar-refractivity contribution in [1.29, 1.82) is 0 Å². The Kier molecular flexibility index (Phi) is 5.29. The van der Waals surface area contributed by atoms with E-state index in [9.17, 15) is 14.7 Å². The predicted molar refractivity (Wildman–Crippen MR) is 87.4 cm³/mol. The fourth-order valence-electron chi connectivity index (χ4n) is 3.19. The van der Waals surface area contributed by atoms with Crippen molar-refractivity contribution >= 4 is 23.5 Å². The monoisotopic (exact) mass is 322 g/mol. The van der Waals surface area contributed by atoms with E-state index in [1.165, 1.54) is 18.9 Å². The molecule has 0 saturated heterocycles. The van der Waals surface area contributed by atoms with Crippen LogP contribution in [0.4, 0.5) is 0 Å². The Bertz CT molecular complexity index is 609. The molecular weight excluding hydrogens is 300 g/mol. The maximum Gasteiger partial charge on any atom is 0.315 e. The first-order valence-corrected chi connectivity index (χ1v) is 8.43. The van der Waals surface area contributed by atoms with Crippen LogP contribution in [0.3, 0.4) is 0 Å². The molecule has 0 aliphatic heterocycles. The zero-order valence-electron chi connectivity index (χ0n) is 13.4. The predicted octanol–water partition coefficient (Wildman–Crippen LogP) is 2.62. The second-order valence-electron chi connectivity index (χ2n) is 5.70. The number of aliphatic hydroxyl groups is 1. The molecule has 0 spiro atoms. The molecule has 0 radical (unpaired) electrons. The third-order valence-electron chi connectivity index (χ3n) is 4.36. The molecule has 2 unspecified atom stereocenters. The summed E-state index contributed by atoms with van der Waals surface area (Å²) in [6.45, 7) is 5.95. The number of fused-ring (bicyclic) bond motifs is 1. The summed E-state index contributed by atoms with van der Waals surface area (Å²) in [7, 11) is 1.37. The molecule has 0 bridgehead atoms. The van der Waals surface area contributed by atoms with Crippen molar-refractivity contribution in [3.05, 3.63) is 33.9 Å². The first-order chi connectivity index (χ1) is 10.4. The lowest BCUT2D eigenvalue weighted by Crippen LogP contribution is -2.10. The van der Waals surface area contributed by atoms with Crippen LogP contribution in [0.15, 0.2) is 6.07 Å². The molecule has 120 valence electrons. The summed E-state index contributed by atoms with van der Waals surface area (Å²) in [5, 5.41) is 9.21. The number of rotatable bonds is 5. The van der Waals surface area contributed by atoms with Crippen LogP contribution in [0.2, 0.25) is 0 Å². The van der Waals surface area contributed by atoms with Crippen LogP contribution >= 0.6 is 11.8 Å². The minimum Gasteiger partial charge on any atom is -0.468 e. The molecule has 5 heteroatoms. The van der Waals surface area contributed by atoms with Gasteiger partial charge >= 0.3 is 5.97 Å². The number of methoxy groups -OCH3 is 1. The van der Waals surface area contributed by atoms with Gasteiger partial charge in [0.2, 0.25) is 0 Å². The van der Waals surface area contributed by atoms with Gasteiger partial charge in [0.25, 0.3) is 0 Å². The number of benzene rings is 1. The molecule has 0 saturated carbocycles. The zero-order chi connectivity index (χ0) is 16.4. The molecule has 0 aromatic heterocycles. The number of Topliss-reactive ketones (excluding diaryl/α,β-unsaturated/α-hetero) is 1. The second kappa shape index (κ2) is 6.84. The largest absolute Gasteiger partial charge is 0.468 e. The van der Waals surface area contributed by atoms with E-state index in [4.69, 9.17) is 0 Å². The molecule has 22 heavy (non-hydrogen) atoms. The molecule has 1 aromatic rings. The fraction of sp³-hybridized carbons (Fsp3) is 0.529. The fourth-order valence-corrected chi connectivity index (χ4v) is 4.40. The Labute approximate surface area is 135 Å². The molecular formula is C17H22O4S. The van der Waals surface area contributed by atoms with Gasteiger partial charge in [-0.05, 0) is 42.5 Å². The molecule has 2 rings (SSSR count). The van der Waals surface area contributed by atoms with Gasteiger partial charge in [0.05, 0.1) is 12.9 Å². The minimum atomic E-state index is -0.275. The SMILES string of the molecule is COC(=O)CSC1c2cc(C)c(CCO)c(C)c2C(=O)C1C. The number of carbonyl (C=O) groups excluding carboxylic acids is 2. The summed E-state index contributed by atoms with van der Waals surface area (Å²) < 4.78 is 4.69. The quantitative estimate of drug-likeness (QED) is 0.844. The third kappa shape index (κ3) is 2.92. The van der Waals surface area contributed by atoms with Crippen LogP contribution in [-0.4, -0.2) is 36.3 Å². The lowest BCUT2D eigenvalue weighted by Gasteiger charge is -2.17. The van der Waals surface area contributed by atoms with Gasteiger partial charge in [-0.25, -0.2) is 0 Å². The van der Waals surface area contributed by atoms with Crippen LogP contribution in [0, 0.1) is 19.8 Å². The molecule has 0 heterocycles. The number of hydrogen-bond donors (Lipinski definition) is 1. The molecule has 0 amide bonds. The molecule has 1 N–H and O–H groups in total. The number of aryl methyl sites for hydroxylation is 1. The molecule has 1 aromatic carbocycles. The number of ketones is 1. The van der Waals surface area contributed by atoms with Gasteiger partial charge in [-0.15, -0.1) is 11.8 Å². The van der Waals surface area contributed by atoms with E-state index >= 15 is 0 Å². The van der Waals surface area contributed by atoms with E-state index in [0.29, 0.717) is 6.42 Å². The lowest BCUT2D eigenvalue weighted by atomic mass is 9.92. The normalized spacial score (nSPS) is 20.1. The van der Waals surface area contributed by atoms with E-state index in [1.807, 2.05) is 26.8 Å². The standard InChI is InChI=1S/C17H22O4S/c1-9-7-13-15(10(2)12(9)5-6-18)16(20)11(3)17(13)22-8-14(19)21-4/h7,11,17-18H,5-6,8H2,1-4H3. The van der Waals surface area contributed by atoms with Crippen molar-refractivity contribution in [2.75, 3.05) is 19.5 Å². The van der Waals surface area contributed by atoms with Gasteiger partial charge in [-0.1, -0.05) is 13.0 Å². The number of thioether (sulfide) groups is 1. The summed E-state index contributed by atoms with van der Waals surface area (Å²) in [6, 6.07) is 2.05. The van der Waals surface area contributed by atoms with Gasteiger partial charge in [0, 0.05) is 23.3 Å². The maximum absolute atomic E-state index is 12.6. The first kappa shape index (κ1) is 17.0. The highest BCUT2D eigenvalue weighted by atomic mass is 32.2. The highest BCUT2D eigenvalue weighted by Crippen LogP contribution is 2.47. The van der Waals surface area contributed by atoms with Crippen LogP contribution in [0.5, 0.6) is 0 Å². The van der Waals surface area contributed by atoms with Gasteiger partial charge in [-0.2, -0.15) is 0 Å². The van der Waals surface area contributed by atoms with Crippen molar-refractivity contribution in [1.82, 2.24) is 0 Å². The maximum atomic E-state index is 12.6. The molecule has 2 atom stereocenters. The number of esters is 1. The number of carbonyl (C=O) groups is 2. The average Bonchev–Trinajstić information content (AvgIpc) is 2.72. The van der Waals surface area contributed by atoms with Crippen LogP contribution in [-0.2, 0) is 16.0 Å². The Morgan fingerprint density at radius 1 is 1.41 bits per heavy atom. The Morgan fingerprint density at radius 2 is 2.09 bits per heavy atom. The summed E-state index contributed by atoms with van der Waals surface area (Å²) in [5.41, 5.74) is 4.92. The molecule has 1 aliphatic rings. The third-order valence-corrected chi connectivity index (χ3v) is 5.78. The van der Waals surface area contributed by atoms with Crippen LogP contribution in [0.25, 0.3) is 0 Å². The van der Waals surface area contributed by atoms with Crippen LogP contribution in [0.1, 0.15) is 44.8 Å². The van der Waals surface area contributed by atoms with Crippen molar-refractivity contribution in [3.63, 3.8) is 0 Å². The van der Waals surface area contributed by atoms with Crippen molar-refractivity contribution in [2.45, 2.75) is 32.4 Å². The summed E-state index contributed by atoms with van der Waals surface area (Å²) in [5.74, 6) is -0.0426. The van der Waals surface area contributed by atoms with Gasteiger partial charge in [0.1, 0.15) is 0 Å². The molecule has 4 nitrogen and oxygen atoms in total. The van der Waals surface area contributed by atoms with Crippen molar-refractivity contribution in [3.8, 4) is 0 Å². The average molecular weight is 322 g/mol. The van der Waals surface area contributed by atoms with E-state index in [-0.39, 0.29) is 35.3 Å². The Balaban J connectivity index is 2.41. The molecule has 0 fully saturated rings. The van der Waals surface area contributed by atoms with E-state index in [2.05, 4.69) is 4.74 Å². The van der Waals surface area contributed by atoms with E-state index in [0.717, 1.165) is 27.8 Å². The van der Waals surface area contributed by atoms with Gasteiger partial charge in [-0.3, -0.25) is 9.59 Å². The Hall–Kier alpha value is -1.33. The topological polar surface area (TPSA) is 63.6 Å². The second-order valence-corrected chi connectivity index (χ2v) is 6.83. The van der Waals surface area contributed by atoms with E-state index < -0.39 is 0 Å². The Morgan fingerprint density at radius 3 is 2.68 bits per heavy atom. The number of ether oxygens (including phenoxy) is 1. The molecule has 1 aliphatic carbocycles. The van der Waals surface area contributed by atoms with Crippen molar-refractivity contribution < 1.29 is 19.4 Å². The summed E-state index contributed by atoms with van der Waals surface area (Å²) in [4.78, 5) is 24.0. The lowest BCUT2D eigenvalue weighted by molar-refractivity contribution is -0.137. The first-order valence-electron chi connectivity index (χ1n) is 7.38.